The van der Waals surface area contributed by atoms with Gasteiger partial charge in [-0.25, -0.2) is 0 Å². The van der Waals surface area contributed by atoms with E-state index in [-0.39, 0.29) is 17.2 Å². The van der Waals surface area contributed by atoms with E-state index in [1.54, 1.807) is 11.3 Å². The number of carbonyl (C=O) groups is 1. The maximum atomic E-state index is 12.0. The Morgan fingerprint density at radius 2 is 2.16 bits per heavy atom. The Bertz CT molecular complexity index is 752. The highest BCUT2D eigenvalue weighted by Gasteiger charge is 2.11. The van der Waals surface area contributed by atoms with Crippen LogP contribution < -0.4 is 5.32 Å². The number of aromatic hydroxyl groups is 1. The quantitative estimate of drug-likeness (QED) is 0.751. The minimum Gasteiger partial charge on any atom is -0.505 e. The summed E-state index contributed by atoms with van der Waals surface area (Å²) in [7, 11) is 0. The van der Waals surface area contributed by atoms with Crippen LogP contribution in [0.4, 0.5) is 5.69 Å². The molecule has 5 heteroatoms. The number of carbonyl (C=O) groups excluding carboxylic acids is 1. The Hall–Kier alpha value is -2.40. The largest absolute Gasteiger partial charge is 0.505 e. The molecule has 2 heterocycles. The molecule has 3 rings (SSSR count). The fourth-order valence-electron chi connectivity index (χ4n) is 1.82. The van der Waals surface area contributed by atoms with Crippen LogP contribution in [0.5, 0.6) is 5.75 Å². The van der Waals surface area contributed by atoms with Crippen molar-refractivity contribution >= 4 is 33.0 Å². The minimum absolute atomic E-state index is 0.128. The number of nitrogens with zero attached hydrogens (tertiary/aromatic N) is 1. The predicted molar refractivity (Wildman–Crippen MR) is 75.7 cm³/mol. The fraction of sp³-hybridized carbons (Fsp3) is 0. The van der Waals surface area contributed by atoms with Crippen molar-refractivity contribution in [1.82, 2.24) is 4.98 Å². The zero-order valence-corrected chi connectivity index (χ0v) is 10.6. The van der Waals surface area contributed by atoms with Crippen LogP contribution >= 0.6 is 11.3 Å². The lowest BCUT2D eigenvalue weighted by Crippen LogP contribution is -2.12. The monoisotopic (exact) mass is 270 g/mol. The third kappa shape index (κ3) is 2.28. The van der Waals surface area contributed by atoms with Gasteiger partial charge in [-0.2, -0.15) is 0 Å². The average molecular weight is 270 g/mol. The number of fused-ring (bicyclic) bond motifs is 1. The Labute approximate surface area is 113 Å². The number of thiophene rings is 1. The maximum absolute atomic E-state index is 12.0. The molecule has 2 N–H and O–H groups in total. The van der Waals surface area contributed by atoms with Gasteiger partial charge >= 0.3 is 0 Å². The number of aromatic nitrogens is 1. The Morgan fingerprint density at radius 1 is 1.26 bits per heavy atom. The molecule has 0 saturated heterocycles. The molecule has 0 spiro atoms. The summed E-state index contributed by atoms with van der Waals surface area (Å²) in [5.74, 6) is -0.480. The van der Waals surface area contributed by atoms with Crippen molar-refractivity contribution in [2.24, 2.45) is 0 Å². The lowest BCUT2D eigenvalue weighted by atomic mass is 10.2. The topological polar surface area (TPSA) is 62.2 Å². The van der Waals surface area contributed by atoms with Crippen LogP contribution in [0, 0.1) is 0 Å². The summed E-state index contributed by atoms with van der Waals surface area (Å²) >= 11 is 1.65. The van der Waals surface area contributed by atoms with Gasteiger partial charge in [-0.1, -0.05) is 0 Å². The van der Waals surface area contributed by atoms with Crippen LogP contribution in [-0.4, -0.2) is 16.0 Å². The zero-order chi connectivity index (χ0) is 13.2. The second-order valence-corrected chi connectivity index (χ2v) is 4.97. The SMILES string of the molecule is O=C(Nc1ccc2sccc2c1)c1ccncc1O. The smallest absolute Gasteiger partial charge is 0.259 e. The average Bonchev–Trinajstić information content (AvgIpc) is 2.86. The first-order chi connectivity index (χ1) is 9.24. The number of rotatable bonds is 2. The third-order valence-electron chi connectivity index (χ3n) is 2.75. The number of amides is 1. The molecule has 4 nitrogen and oxygen atoms in total. The first-order valence-electron chi connectivity index (χ1n) is 5.65. The van der Waals surface area contributed by atoms with E-state index in [9.17, 15) is 9.90 Å². The molecule has 1 amide bonds. The van der Waals surface area contributed by atoms with E-state index < -0.39 is 0 Å². The highest BCUT2D eigenvalue weighted by molar-refractivity contribution is 7.17. The van der Waals surface area contributed by atoms with Crippen LogP contribution in [0.15, 0.2) is 48.1 Å². The lowest BCUT2D eigenvalue weighted by molar-refractivity contribution is 0.102. The molecular formula is C14H10N2O2S. The molecular weight excluding hydrogens is 260 g/mol. The molecule has 0 unspecified atom stereocenters. The summed E-state index contributed by atoms with van der Waals surface area (Å²) in [6, 6.07) is 9.19. The Balaban J connectivity index is 1.88. The molecule has 0 aliphatic rings. The summed E-state index contributed by atoms with van der Waals surface area (Å²) < 4.78 is 1.17. The van der Waals surface area contributed by atoms with E-state index >= 15 is 0 Å². The molecule has 19 heavy (non-hydrogen) atoms. The highest BCUT2D eigenvalue weighted by atomic mass is 32.1. The molecule has 0 radical (unpaired) electrons. The summed E-state index contributed by atoms with van der Waals surface area (Å²) in [6.07, 6.45) is 2.72. The summed E-state index contributed by atoms with van der Waals surface area (Å²) in [5, 5.41) is 15.4. The van der Waals surface area contributed by atoms with Gasteiger partial charge < -0.3 is 10.4 Å². The van der Waals surface area contributed by atoms with Gasteiger partial charge in [-0.05, 0) is 41.1 Å². The number of hydrogen-bond donors (Lipinski definition) is 2. The van der Waals surface area contributed by atoms with Crippen molar-refractivity contribution in [2.45, 2.75) is 0 Å². The van der Waals surface area contributed by atoms with Crippen LogP contribution in [-0.2, 0) is 0 Å². The van der Waals surface area contributed by atoms with E-state index in [1.807, 2.05) is 29.6 Å². The lowest BCUT2D eigenvalue weighted by Gasteiger charge is -2.06. The van der Waals surface area contributed by atoms with E-state index in [0.29, 0.717) is 5.69 Å². The zero-order valence-electron chi connectivity index (χ0n) is 9.83. The Morgan fingerprint density at radius 3 is 3.00 bits per heavy atom. The molecule has 2 aromatic heterocycles. The fourth-order valence-corrected chi connectivity index (χ4v) is 2.59. The number of pyridine rings is 1. The van der Waals surface area contributed by atoms with Crippen molar-refractivity contribution in [2.75, 3.05) is 5.32 Å². The van der Waals surface area contributed by atoms with Crippen molar-refractivity contribution < 1.29 is 9.90 Å². The van der Waals surface area contributed by atoms with Gasteiger partial charge in [0, 0.05) is 16.6 Å². The number of hydrogen-bond acceptors (Lipinski definition) is 4. The van der Waals surface area contributed by atoms with E-state index in [4.69, 9.17) is 0 Å². The molecule has 0 fully saturated rings. The number of nitrogens with one attached hydrogen (secondary N) is 1. The van der Waals surface area contributed by atoms with Crippen molar-refractivity contribution in [1.29, 1.82) is 0 Å². The normalized spacial score (nSPS) is 10.5. The minimum atomic E-state index is -0.352. The molecule has 3 aromatic rings. The number of benzene rings is 1. The standard InChI is InChI=1S/C14H10N2O2S/c17-12-8-15-5-3-11(12)14(18)16-10-1-2-13-9(7-10)4-6-19-13/h1-8,17H,(H,16,18). The van der Waals surface area contributed by atoms with Gasteiger partial charge in [-0.3, -0.25) is 9.78 Å². The van der Waals surface area contributed by atoms with Gasteiger partial charge in [0.15, 0.2) is 0 Å². The van der Waals surface area contributed by atoms with E-state index in [2.05, 4.69) is 10.3 Å². The predicted octanol–water partition coefficient (Wildman–Crippen LogP) is 3.25. The highest BCUT2D eigenvalue weighted by Crippen LogP contribution is 2.24. The summed E-state index contributed by atoms with van der Waals surface area (Å²) in [4.78, 5) is 15.8. The first kappa shape index (κ1) is 11.7. The van der Waals surface area contributed by atoms with Crippen LogP contribution in [0.2, 0.25) is 0 Å². The second-order valence-electron chi connectivity index (χ2n) is 4.02. The van der Waals surface area contributed by atoms with Gasteiger partial charge in [0.2, 0.25) is 0 Å². The van der Waals surface area contributed by atoms with Gasteiger partial charge in [0.25, 0.3) is 5.91 Å². The van der Waals surface area contributed by atoms with Crippen LogP contribution in [0.25, 0.3) is 10.1 Å². The summed E-state index contributed by atoms with van der Waals surface area (Å²) in [6.45, 7) is 0. The molecule has 0 aliphatic carbocycles. The van der Waals surface area contributed by atoms with Gasteiger partial charge in [-0.15, -0.1) is 11.3 Å². The molecule has 0 bridgehead atoms. The molecule has 0 atom stereocenters. The van der Waals surface area contributed by atoms with Crippen LogP contribution in [0.3, 0.4) is 0 Å². The van der Waals surface area contributed by atoms with Crippen molar-refractivity contribution in [3.05, 3.63) is 53.7 Å². The number of anilines is 1. The molecule has 1 aromatic carbocycles. The molecule has 0 saturated carbocycles. The first-order valence-corrected chi connectivity index (χ1v) is 6.53. The Kier molecular flexibility index (Phi) is 2.89. The van der Waals surface area contributed by atoms with E-state index in [1.165, 1.54) is 23.2 Å². The van der Waals surface area contributed by atoms with E-state index in [0.717, 1.165) is 5.39 Å². The molecule has 94 valence electrons. The molecule has 0 aliphatic heterocycles. The maximum Gasteiger partial charge on any atom is 0.259 e. The second kappa shape index (κ2) is 4.70. The summed E-state index contributed by atoms with van der Waals surface area (Å²) in [5.41, 5.74) is 0.910. The van der Waals surface area contributed by atoms with Crippen LogP contribution in [0.1, 0.15) is 10.4 Å². The van der Waals surface area contributed by atoms with Crippen molar-refractivity contribution in [3.63, 3.8) is 0 Å². The van der Waals surface area contributed by atoms with Gasteiger partial charge in [0.1, 0.15) is 5.75 Å². The van der Waals surface area contributed by atoms with Crippen molar-refractivity contribution in [3.8, 4) is 5.75 Å². The third-order valence-corrected chi connectivity index (χ3v) is 3.65. The van der Waals surface area contributed by atoms with Gasteiger partial charge in [0.05, 0.1) is 11.8 Å².